The Balaban J connectivity index is 2.30. The highest BCUT2D eigenvalue weighted by Crippen LogP contribution is 2.26. The van der Waals surface area contributed by atoms with Crippen molar-refractivity contribution in [1.82, 2.24) is 14.5 Å². The quantitative estimate of drug-likeness (QED) is 0.872. The summed E-state index contributed by atoms with van der Waals surface area (Å²) in [6.45, 7) is 1.90. The minimum Gasteiger partial charge on any atom is -0.494 e. The standard InChI is InChI=1S/C13H20N4O/c1-16(2)8-5-9-17-10-6-4-7-11(18-3)12(10)15-13(17)14/h4,6-7H,5,8-9H2,1-3H3,(H2,14,15). The number of nitrogen functional groups attached to an aromatic ring is 1. The minimum atomic E-state index is 0.549. The first-order valence-corrected chi connectivity index (χ1v) is 6.07. The van der Waals surface area contributed by atoms with Crippen molar-refractivity contribution < 1.29 is 4.74 Å². The van der Waals surface area contributed by atoms with Gasteiger partial charge >= 0.3 is 0 Å². The molecule has 2 aromatic rings. The normalized spacial score (nSPS) is 11.3. The molecule has 0 spiro atoms. The zero-order valence-corrected chi connectivity index (χ0v) is 11.2. The lowest BCUT2D eigenvalue weighted by Gasteiger charge is -2.11. The molecule has 5 nitrogen and oxygen atoms in total. The first-order valence-electron chi connectivity index (χ1n) is 6.07. The van der Waals surface area contributed by atoms with Crippen LogP contribution in [-0.4, -0.2) is 42.2 Å². The van der Waals surface area contributed by atoms with Gasteiger partial charge in [0.05, 0.1) is 12.6 Å². The highest BCUT2D eigenvalue weighted by molar-refractivity contribution is 5.84. The van der Waals surface area contributed by atoms with Crippen LogP contribution in [0.4, 0.5) is 5.95 Å². The molecule has 0 atom stereocenters. The van der Waals surface area contributed by atoms with Gasteiger partial charge < -0.3 is 19.9 Å². The van der Waals surface area contributed by atoms with Crippen molar-refractivity contribution in [3.05, 3.63) is 18.2 Å². The molecule has 1 aromatic heterocycles. The molecule has 0 aliphatic carbocycles. The number of fused-ring (bicyclic) bond motifs is 1. The number of nitrogens with zero attached hydrogens (tertiary/aromatic N) is 3. The van der Waals surface area contributed by atoms with E-state index in [0.717, 1.165) is 36.3 Å². The fraction of sp³-hybridized carbons (Fsp3) is 0.462. The van der Waals surface area contributed by atoms with Crippen LogP contribution in [0.1, 0.15) is 6.42 Å². The van der Waals surface area contributed by atoms with Crippen LogP contribution in [0.3, 0.4) is 0 Å². The largest absolute Gasteiger partial charge is 0.494 e. The molecule has 0 amide bonds. The molecule has 0 aliphatic rings. The van der Waals surface area contributed by atoms with Gasteiger partial charge in [-0.25, -0.2) is 4.98 Å². The number of aryl methyl sites for hydroxylation is 1. The van der Waals surface area contributed by atoms with E-state index in [9.17, 15) is 0 Å². The molecule has 2 rings (SSSR count). The van der Waals surface area contributed by atoms with Gasteiger partial charge in [0.25, 0.3) is 0 Å². The molecule has 2 N–H and O–H groups in total. The van der Waals surface area contributed by atoms with Crippen molar-refractivity contribution >= 4 is 17.0 Å². The van der Waals surface area contributed by atoms with E-state index >= 15 is 0 Å². The van der Waals surface area contributed by atoms with E-state index in [2.05, 4.69) is 24.0 Å². The van der Waals surface area contributed by atoms with E-state index in [1.54, 1.807) is 7.11 Å². The number of imidazole rings is 1. The van der Waals surface area contributed by atoms with Crippen molar-refractivity contribution in [3.63, 3.8) is 0 Å². The van der Waals surface area contributed by atoms with Crippen LogP contribution in [0.15, 0.2) is 18.2 Å². The van der Waals surface area contributed by atoms with Gasteiger partial charge in [0.2, 0.25) is 5.95 Å². The molecule has 1 heterocycles. The predicted octanol–water partition coefficient (Wildman–Crippen LogP) is 1.58. The molecule has 5 heteroatoms. The van der Waals surface area contributed by atoms with Gasteiger partial charge in [-0.2, -0.15) is 0 Å². The number of anilines is 1. The van der Waals surface area contributed by atoms with Gasteiger partial charge in [0.1, 0.15) is 11.3 Å². The van der Waals surface area contributed by atoms with Crippen LogP contribution in [0, 0.1) is 0 Å². The van der Waals surface area contributed by atoms with Crippen molar-refractivity contribution in [2.24, 2.45) is 0 Å². The van der Waals surface area contributed by atoms with E-state index in [1.807, 2.05) is 22.8 Å². The van der Waals surface area contributed by atoms with E-state index < -0.39 is 0 Å². The molecule has 0 saturated heterocycles. The minimum absolute atomic E-state index is 0.549. The molecule has 0 unspecified atom stereocenters. The third-order valence-corrected chi connectivity index (χ3v) is 2.98. The van der Waals surface area contributed by atoms with Gasteiger partial charge in [0, 0.05) is 6.54 Å². The van der Waals surface area contributed by atoms with Crippen LogP contribution < -0.4 is 10.5 Å². The number of methoxy groups -OCH3 is 1. The fourth-order valence-electron chi connectivity index (χ4n) is 2.08. The molecule has 0 saturated carbocycles. The predicted molar refractivity (Wildman–Crippen MR) is 73.9 cm³/mol. The second-order valence-corrected chi connectivity index (χ2v) is 4.61. The summed E-state index contributed by atoms with van der Waals surface area (Å²) in [5.74, 6) is 1.32. The smallest absolute Gasteiger partial charge is 0.201 e. The summed E-state index contributed by atoms with van der Waals surface area (Å²) in [5, 5.41) is 0. The fourth-order valence-corrected chi connectivity index (χ4v) is 2.08. The third kappa shape index (κ3) is 2.41. The maximum absolute atomic E-state index is 5.98. The SMILES string of the molecule is COc1cccc2c1nc(N)n2CCCN(C)C. The Kier molecular flexibility index (Phi) is 3.72. The van der Waals surface area contributed by atoms with Gasteiger partial charge in [-0.1, -0.05) is 6.07 Å². The number of hydrogen-bond acceptors (Lipinski definition) is 4. The second kappa shape index (κ2) is 5.27. The summed E-state index contributed by atoms with van der Waals surface area (Å²) in [5.41, 5.74) is 7.84. The van der Waals surface area contributed by atoms with Crippen LogP contribution >= 0.6 is 0 Å². The maximum Gasteiger partial charge on any atom is 0.201 e. The molecule has 98 valence electrons. The first-order chi connectivity index (χ1) is 8.63. The van der Waals surface area contributed by atoms with Crippen molar-refractivity contribution in [2.75, 3.05) is 33.5 Å². The van der Waals surface area contributed by atoms with Gasteiger partial charge in [0.15, 0.2) is 0 Å². The summed E-state index contributed by atoms with van der Waals surface area (Å²) < 4.78 is 7.34. The summed E-state index contributed by atoms with van der Waals surface area (Å²) in [6.07, 6.45) is 1.04. The molecule has 1 aromatic carbocycles. The lowest BCUT2D eigenvalue weighted by molar-refractivity contribution is 0.388. The third-order valence-electron chi connectivity index (χ3n) is 2.98. The molecule has 18 heavy (non-hydrogen) atoms. The highest BCUT2D eigenvalue weighted by atomic mass is 16.5. The van der Waals surface area contributed by atoms with Gasteiger partial charge in [-0.3, -0.25) is 0 Å². The number of benzene rings is 1. The van der Waals surface area contributed by atoms with Crippen molar-refractivity contribution in [1.29, 1.82) is 0 Å². The highest BCUT2D eigenvalue weighted by Gasteiger charge is 2.11. The summed E-state index contributed by atoms with van der Waals surface area (Å²) in [6, 6.07) is 5.89. The number of nitrogens with two attached hydrogens (primary N) is 1. The van der Waals surface area contributed by atoms with E-state index in [1.165, 1.54) is 0 Å². The van der Waals surface area contributed by atoms with Crippen LogP contribution in [0.25, 0.3) is 11.0 Å². The van der Waals surface area contributed by atoms with Crippen LogP contribution in [0.5, 0.6) is 5.75 Å². The van der Waals surface area contributed by atoms with Gasteiger partial charge in [-0.05, 0) is 39.2 Å². The van der Waals surface area contributed by atoms with Crippen LogP contribution in [-0.2, 0) is 6.54 Å². The maximum atomic E-state index is 5.98. The number of para-hydroxylation sites is 1. The lowest BCUT2D eigenvalue weighted by atomic mass is 10.3. The number of rotatable bonds is 5. The summed E-state index contributed by atoms with van der Waals surface area (Å²) >= 11 is 0. The Labute approximate surface area is 107 Å². The van der Waals surface area contributed by atoms with Crippen LogP contribution in [0.2, 0.25) is 0 Å². The van der Waals surface area contributed by atoms with E-state index in [0.29, 0.717) is 5.95 Å². The topological polar surface area (TPSA) is 56.3 Å². The Morgan fingerprint density at radius 3 is 2.83 bits per heavy atom. The van der Waals surface area contributed by atoms with E-state index in [4.69, 9.17) is 10.5 Å². The monoisotopic (exact) mass is 248 g/mol. The molecule has 0 aliphatic heterocycles. The van der Waals surface area contributed by atoms with Gasteiger partial charge in [-0.15, -0.1) is 0 Å². The Morgan fingerprint density at radius 1 is 1.39 bits per heavy atom. The summed E-state index contributed by atoms with van der Waals surface area (Å²) in [4.78, 5) is 6.55. The second-order valence-electron chi connectivity index (χ2n) is 4.61. The first kappa shape index (κ1) is 12.7. The van der Waals surface area contributed by atoms with E-state index in [-0.39, 0.29) is 0 Å². The lowest BCUT2D eigenvalue weighted by Crippen LogP contribution is -2.15. The van der Waals surface area contributed by atoms with Crippen molar-refractivity contribution in [2.45, 2.75) is 13.0 Å². The molecule has 0 bridgehead atoms. The zero-order chi connectivity index (χ0) is 13.1. The molecular formula is C13H20N4O. The average molecular weight is 248 g/mol. The number of hydrogen-bond donors (Lipinski definition) is 1. The van der Waals surface area contributed by atoms with Crippen molar-refractivity contribution in [3.8, 4) is 5.75 Å². The molecular weight excluding hydrogens is 228 g/mol. The molecule has 0 radical (unpaired) electrons. The average Bonchev–Trinajstić information content (AvgIpc) is 2.65. The Hall–Kier alpha value is -1.75. The number of aromatic nitrogens is 2. The Bertz CT molecular complexity index is 533. The Morgan fingerprint density at radius 2 is 2.17 bits per heavy atom. The zero-order valence-electron chi connectivity index (χ0n) is 11.2. The number of ether oxygens (including phenoxy) is 1. The molecule has 0 fully saturated rings. The summed E-state index contributed by atoms with van der Waals surface area (Å²) in [7, 11) is 5.78.